The number of hydrogen-bond donors (Lipinski definition) is 0. The molecule has 0 spiro atoms. The third-order valence-corrected chi connectivity index (χ3v) is 1.23. The van der Waals surface area contributed by atoms with Crippen molar-refractivity contribution in [2.24, 2.45) is 0 Å². The molecular formula is C8H7F2. The van der Waals surface area contributed by atoms with E-state index in [1.54, 1.807) is 0 Å². The molecule has 1 aromatic carbocycles. The fourth-order valence-corrected chi connectivity index (χ4v) is 0.672. The molecule has 0 aromatic heterocycles. The molecule has 1 aromatic rings. The Bertz CT molecular complexity index is 201. The molecule has 0 bridgehead atoms. The van der Waals surface area contributed by atoms with Crippen LogP contribution in [-0.4, -0.2) is 0 Å². The Labute approximate surface area is 58.5 Å². The molecule has 0 nitrogen and oxygen atoms in total. The summed E-state index contributed by atoms with van der Waals surface area (Å²) in [5.41, 5.74) is 0.404. The summed E-state index contributed by atoms with van der Waals surface area (Å²) in [6.45, 7) is 3.15. The van der Waals surface area contributed by atoms with E-state index in [2.05, 4.69) is 6.92 Å². The quantitative estimate of drug-likeness (QED) is 0.564. The minimum atomic E-state index is -1.26. The van der Waals surface area contributed by atoms with Crippen molar-refractivity contribution in [2.45, 2.75) is 6.17 Å². The molecule has 53 valence electrons. The normalized spacial score (nSPS) is 13.1. The minimum Gasteiger partial charge on any atom is -0.242 e. The molecule has 0 fully saturated rings. The van der Waals surface area contributed by atoms with Gasteiger partial charge in [-0.05, 0) is 24.6 Å². The van der Waals surface area contributed by atoms with E-state index in [-0.39, 0.29) is 5.82 Å². The zero-order valence-electron chi connectivity index (χ0n) is 5.35. The second kappa shape index (κ2) is 2.78. The Morgan fingerprint density at radius 2 is 1.70 bits per heavy atom. The lowest BCUT2D eigenvalue weighted by Gasteiger charge is -1.99. The summed E-state index contributed by atoms with van der Waals surface area (Å²) in [4.78, 5) is 0. The second-order valence-corrected chi connectivity index (χ2v) is 2.02. The monoisotopic (exact) mass is 141 g/mol. The van der Waals surface area contributed by atoms with Gasteiger partial charge in [0.25, 0.3) is 0 Å². The van der Waals surface area contributed by atoms with Gasteiger partial charge in [0.05, 0.1) is 0 Å². The average molecular weight is 141 g/mol. The predicted molar refractivity (Wildman–Crippen MR) is 35.6 cm³/mol. The lowest BCUT2D eigenvalue weighted by Crippen LogP contribution is -1.84. The third kappa shape index (κ3) is 1.53. The van der Waals surface area contributed by atoms with Gasteiger partial charge >= 0.3 is 0 Å². The fourth-order valence-electron chi connectivity index (χ4n) is 0.672. The van der Waals surface area contributed by atoms with Crippen molar-refractivity contribution in [3.63, 3.8) is 0 Å². The molecule has 0 N–H and O–H groups in total. The largest absolute Gasteiger partial charge is 0.242 e. The Morgan fingerprint density at radius 1 is 1.20 bits per heavy atom. The van der Waals surface area contributed by atoms with Gasteiger partial charge in [0.2, 0.25) is 0 Å². The SMILES string of the molecule is [CH2]C(F)c1ccc(F)cc1. The molecular weight excluding hydrogens is 134 g/mol. The van der Waals surface area contributed by atoms with E-state index in [0.29, 0.717) is 5.56 Å². The molecule has 10 heavy (non-hydrogen) atoms. The Kier molecular flexibility index (Phi) is 2.00. The van der Waals surface area contributed by atoms with Crippen LogP contribution >= 0.6 is 0 Å². The van der Waals surface area contributed by atoms with Gasteiger partial charge in [-0.25, -0.2) is 8.78 Å². The van der Waals surface area contributed by atoms with Crippen LogP contribution in [0.4, 0.5) is 8.78 Å². The van der Waals surface area contributed by atoms with Crippen LogP contribution in [0.25, 0.3) is 0 Å². The standard InChI is InChI=1S/C8H7F2/c1-6(9)7-2-4-8(10)5-3-7/h2-6H,1H2. The van der Waals surface area contributed by atoms with Crippen LogP contribution in [0.3, 0.4) is 0 Å². The second-order valence-electron chi connectivity index (χ2n) is 2.02. The highest BCUT2D eigenvalue weighted by atomic mass is 19.1. The van der Waals surface area contributed by atoms with E-state index in [4.69, 9.17) is 0 Å². The van der Waals surface area contributed by atoms with Crippen LogP contribution in [0.5, 0.6) is 0 Å². The number of alkyl halides is 1. The van der Waals surface area contributed by atoms with E-state index in [9.17, 15) is 8.78 Å². The molecule has 0 saturated heterocycles. The first-order valence-corrected chi connectivity index (χ1v) is 2.93. The minimum absolute atomic E-state index is 0.357. The van der Waals surface area contributed by atoms with Gasteiger partial charge in [0.1, 0.15) is 12.0 Å². The van der Waals surface area contributed by atoms with Crippen molar-refractivity contribution in [3.8, 4) is 0 Å². The summed E-state index contributed by atoms with van der Waals surface area (Å²) in [5.74, 6) is -0.357. The highest BCUT2D eigenvalue weighted by Gasteiger charge is 2.00. The maximum Gasteiger partial charge on any atom is 0.125 e. The van der Waals surface area contributed by atoms with Crippen molar-refractivity contribution < 1.29 is 8.78 Å². The van der Waals surface area contributed by atoms with Gasteiger partial charge in [-0.1, -0.05) is 12.1 Å². The summed E-state index contributed by atoms with van der Waals surface area (Å²) < 4.78 is 24.5. The average Bonchev–Trinajstić information content (AvgIpc) is 1.88. The van der Waals surface area contributed by atoms with Gasteiger partial charge in [0.15, 0.2) is 0 Å². The first kappa shape index (κ1) is 7.19. The van der Waals surface area contributed by atoms with Crippen LogP contribution in [-0.2, 0) is 0 Å². The van der Waals surface area contributed by atoms with Gasteiger partial charge < -0.3 is 0 Å². The first-order valence-electron chi connectivity index (χ1n) is 2.93. The molecule has 1 rings (SSSR count). The highest BCUT2D eigenvalue weighted by Crippen LogP contribution is 2.15. The highest BCUT2D eigenvalue weighted by molar-refractivity contribution is 5.18. The van der Waals surface area contributed by atoms with E-state index in [0.717, 1.165) is 0 Å². The van der Waals surface area contributed by atoms with Crippen LogP contribution in [0, 0.1) is 12.7 Å². The first-order chi connectivity index (χ1) is 4.70. The molecule has 0 saturated carbocycles. The number of rotatable bonds is 1. The topological polar surface area (TPSA) is 0 Å². The Morgan fingerprint density at radius 3 is 2.10 bits per heavy atom. The van der Waals surface area contributed by atoms with Gasteiger partial charge in [-0.15, -0.1) is 0 Å². The Hall–Kier alpha value is -0.920. The van der Waals surface area contributed by atoms with E-state index in [1.165, 1.54) is 24.3 Å². The summed E-state index contributed by atoms with van der Waals surface area (Å²) in [5, 5.41) is 0. The summed E-state index contributed by atoms with van der Waals surface area (Å²) in [7, 11) is 0. The third-order valence-electron chi connectivity index (χ3n) is 1.23. The predicted octanol–water partition coefficient (Wildman–Crippen LogP) is 2.67. The van der Waals surface area contributed by atoms with Crippen LogP contribution < -0.4 is 0 Å². The zero-order chi connectivity index (χ0) is 7.56. The molecule has 0 heterocycles. The van der Waals surface area contributed by atoms with E-state index in [1.807, 2.05) is 0 Å². The molecule has 1 radical (unpaired) electrons. The fraction of sp³-hybridized carbons (Fsp3) is 0.125. The number of benzene rings is 1. The molecule has 1 unspecified atom stereocenters. The van der Waals surface area contributed by atoms with Gasteiger partial charge in [-0.2, -0.15) is 0 Å². The smallest absolute Gasteiger partial charge is 0.125 e. The van der Waals surface area contributed by atoms with E-state index >= 15 is 0 Å². The van der Waals surface area contributed by atoms with Crippen LogP contribution in [0.15, 0.2) is 24.3 Å². The van der Waals surface area contributed by atoms with Crippen molar-refractivity contribution in [3.05, 3.63) is 42.6 Å². The van der Waals surface area contributed by atoms with Gasteiger partial charge in [-0.3, -0.25) is 0 Å². The molecule has 2 heteroatoms. The molecule has 0 aliphatic rings. The molecule has 0 aliphatic heterocycles. The van der Waals surface area contributed by atoms with Crippen molar-refractivity contribution >= 4 is 0 Å². The van der Waals surface area contributed by atoms with Crippen molar-refractivity contribution in [2.75, 3.05) is 0 Å². The maximum absolute atomic E-state index is 12.3. The van der Waals surface area contributed by atoms with Crippen molar-refractivity contribution in [1.82, 2.24) is 0 Å². The summed E-state index contributed by atoms with van der Waals surface area (Å²) >= 11 is 0. The van der Waals surface area contributed by atoms with E-state index < -0.39 is 6.17 Å². The summed E-state index contributed by atoms with van der Waals surface area (Å²) in [6, 6.07) is 5.19. The maximum atomic E-state index is 12.3. The van der Waals surface area contributed by atoms with Gasteiger partial charge in [0, 0.05) is 0 Å². The number of halogens is 2. The lowest BCUT2D eigenvalue weighted by atomic mass is 10.1. The molecule has 1 atom stereocenters. The Balaban J connectivity index is 2.89. The molecule has 0 aliphatic carbocycles. The zero-order valence-corrected chi connectivity index (χ0v) is 5.35. The summed E-state index contributed by atoms with van der Waals surface area (Å²) in [6.07, 6.45) is -1.26. The number of hydrogen-bond acceptors (Lipinski definition) is 0. The lowest BCUT2D eigenvalue weighted by molar-refractivity contribution is 0.411. The van der Waals surface area contributed by atoms with Crippen molar-refractivity contribution in [1.29, 1.82) is 0 Å². The molecule has 0 amide bonds. The van der Waals surface area contributed by atoms with Crippen LogP contribution in [0.1, 0.15) is 11.7 Å². The van der Waals surface area contributed by atoms with Crippen LogP contribution in [0.2, 0.25) is 0 Å².